The molecule has 7 rings (SSSR count). The molecule has 2 amide bonds. The molecule has 4 aromatic rings. The minimum atomic E-state index is -2.03. The van der Waals surface area contributed by atoms with Crippen molar-refractivity contribution >= 4 is 52.3 Å². The van der Waals surface area contributed by atoms with Gasteiger partial charge in [0.05, 0.1) is 25.5 Å². The van der Waals surface area contributed by atoms with Crippen molar-refractivity contribution in [2.45, 2.75) is 60.2 Å². The first-order valence-electron chi connectivity index (χ1n) is 17.5. The number of nitrogens with one attached hydrogen (secondary N) is 2. The maximum Gasteiger partial charge on any atom is 0.272 e. The summed E-state index contributed by atoms with van der Waals surface area (Å²) in [7, 11) is 0. The fraction of sp³-hybridized carbons (Fsp3) is 0.350. The van der Waals surface area contributed by atoms with Crippen LogP contribution < -0.4 is 15.5 Å². The molecule has 3 atom stereocenters. The third-order valence-corrected chi connectivity index (χ3v) is 10.8. The van der Waals surface area contributed by atoms with Gasteiger partial charge in [-0.25, -0.2) is 0 Å². The van der Waals surface area contributed by atoms with Crippen LogP contribution in [0.3, 0.4) is 0 Å². The second-order valence-corrected chi connectivity index (χ2v) is 15.9. The molecule has 12 heteroatoms. The van der Waals surface area contributed by atoms with Crippen LogP contribution in [0, 0.1) is 0 Å². The number of ether oxygens (including phenoxy) is 2. The van der Waals surface area contributed by atoms with E-state index in [1.165, 1.54) is 0 Å². The van der Waals surface area contributed by atoms with Crippen LogP contribution >= 0.6 is 34.8 Å². The molecular formula is C40H41Cl3N4O5. The van der Waals surface area contributed by atoms with Crippen molar-refractivity contribution in [2.24, 2.45) is 0 Å². The number of aliphatic hydroxyl groups excluding tert-OH is 1. The highest BCUT2D eigenvalue weighted by Crippen LogP contribution is 2.41. The number of hydrogen-bond donors (Lipinski definition) is 3. The zero-order valence-electron chi connectivity index (χ0n) is 28.5. The average molecular weight is 764 g/mol. The number of para-hydroxylation sites is 1. The van der Waals surface area contributed by atoms with Gasteiger partial charge in [-0.05, 0) is 64.9 Å². The Labute approximate surface area is 318 Å². The monoisotopic (exact) mass is 762 g/mol. The van der Waals surface area contributed by atoms with Crippen molar-refractivity contribution in [3.63, 3.8) is 0 Å². The molecule has 9 nitrogen and oxygen atoms in total. The summed E-state index contributed by atoms with van der Waals surface area (Å²) in [6, 6.07) is 33.9. The summed E-state index contributed by atoms with van der Waals surface area (Å²) >= 11 is 17.2. The lowest BCUT2D eigenvalue weighted by Crippen LogP contribution is -2.57. The van der Waals surface area contributed by atoms with Gasteiger partial charge in [-0.3, -0.25) is 9.59 Å². The number of rotatable bonds is 9. The summed E-state index contributed by atoms with van der Waals surface area (Å²) in [6.07, 6.45) is 1.12. The predicted octanol–water partition coefficient (Wildman–Crippen LogP) is 6.81. The molecule has 3 heterocycles. The number of nitrogens with zero attached hydrogens (tertiary/aromatic N) is 2. The molecule has 1 spiro atoms. The first kappa shape index (κ1) is 36.7. The van der Waals surface area contributed by atoms with E-state index in [0.29, 0.717) is 19.6 Å². The highest BCUT2D eigenvalue weighted by Gasteiger charge is 2.50. The van der Waals surface area contributed by atoms with Gasteiger partial charge in [0.2, 0.25) is 5.91 Å². The number of carbonyl (C=O) groups is 2. The molecule has 3 aliphatic heterocycles. The van der Waals surface area contributed by atoms with Gasteiger partial charge in [0.1, 0.15) is 5.54 Å². The highest BCUT2D eigenvalue weighted by molar-refractivity contribution is 6.76. The standard InChI is InChI=1S/C40H41Cl3N4O5/c41-40(42,43)38(50)44-23-28-6-4-7-30(20-28)31-8-5-9-32(21-31)36-51-34(22-35(52-36)29-14-12-27(25-48)13-15-29)24-46-18-16-39(17-19-46)37(49)45-26-47(39)33-10-2-1-3-11-33/h1-15,20-21,34-36,48H,16-19,22-26H2,(H,44,50)(H,45,49). The number of piperidine rings is 1. The second-order valence-electron chi connectivity index (χ2n) is 13.6. The molecular weight excluding hydrogens is 723 g/mol. The van der Waals surface area contributed by atoms with E-state index in [0.717, 1.165) is 65.0 Å². The number of halogens is 3. The van der Waals surface area contributed by atoms with E-state index in [-0.39, 0.29) is 31.3 Å². The van der Waals surface area contributed by atoms with Crippen molar-refractivity contribution in [2.75, 3.05) is 31.2 Å². The Morgan fingerprint density at radius 1 is 0.865 bits per heavy atom. The third-order valence-electron chi connectivity index (χ3n) is 10.3. The zero-order valence-corrected chi connectivity index (χ0v) is 30.8. The molecule has 3 aliphatic rings. The summed E-state index contributed by atoms with van der Waals surface area (Å²) in [4.78, 5) is 30.0. The van der Waals surface area contributed by atoms with Gasteiger partial charge in [-0.2, -0.15) is 0 Å². The van der Waals surface area contributed by atoms with E-state index in [1.807, 2.05) is 84.9 Å². The van der Waals surface area contributed by atoms with E-state index in [2.05, 4.69) is 38.6 Å². The van der Waals surface area contributed by atoms with Crippen molar-refractivity contribution in [3.05, 3.63) is 125 Å². The predicted molar refractivity (Wildman–Crippen MR) is 203 cm³/mol. The lowest BCUT2D eigenvalue weighted by molar-refractivity contribution is -0.253. The Balaban J connectivity index is 1.08. The number of benzene rings is 4. The van der Waals surface area contributed by atoms with Gasteiger partial charge in [0.15, 0.2) is 6.29 Å². The van der Waals surface area contributed by atoms with Crippen LogP contribution in [0.4, 0.5) is 5.69 Å². The number of amides is 2. The smallest absolute Gasteiger partial charge is 0.272 e. The Kier molecular flexibility index (Phi) is 11.1. The largest absolute Gasteiger partial charge is 0.392 e. The third kappa shape index (κ3) is 8.11. The van der Waals surface area contributed by atoms with Crippen molar-refractivity contribution < 1.29 is 24.2 Å². The van der Waals surface area contributed by atoms with E-state index >= 15 is 0 Å². The average Bonchev–Trinajstić information content (AvgIpc) is 3.49. The number of aliphatic hydroxyl groups is 1. The first-order chi connectivity index (χ1) is 25.1. The maximum atomic E-state index is 13.3. The SMILES string of the molecule is O=C(NCc1cccc(-c2cccc(C3OC(CN4CCC5(CC4)C(=O)NCN5c4ccccc4)CC(c4ccc(CO)cc4)O3)c2)c1)C(Cl)(Cl)Cl. The maximum absolute atomic E-state index is 13.3. The number of anilines is 1. The van der Waals surface area contributed by atoms with Crippen LogP contribution in [0.2, 0.25) is 0 Å². The normalized spacial score (nSPS) is 22.0. The quantitative estimate of drug-likeness (QED) is 0.161. The summed E-state index contributed by atoms with van der Waals surface area (Å²) in [5.74, 6) is -0.586. The lowest BCUT2D eigenvalue weighted by Gasteiger charge is -2.45. The van der Waals surface area contributed by atoms with Crippen molar-refractivity contribution in [1.82, 2.24) is 15.5 Å². The molecule has 0 bridgehead atoms. The molecule has 3 unspecified atom stereocenters. The summed E-state index contributed by atoms with van der Waals surface area (Å²) in [5, 5.41) is 15.4. The Bertz CT molecular complexity index is 1870. The molecule has 3 fully saturated rings. The van der Waals surface area contributed by atoms with E-state index in [4.69, 9.17) is 44.3 Å². The molecule has 272 valence electrons. The Hall–Kier alpha value is -3.67. The summed E-state index contributed by atoms with van der Waals surface area (Å²) < 4.78 is 11.4. The van der Waals surface area contributed by atoms with Crippen molar-refractivity contribution in [1.29, 1.82) is 0 Å². The molecule has 3 N–H and O–H groups in total. The number of hydrogen-bond acceptors (Lipinski definition) is 7. The summed E-state index contributed by atoms with van der Waals surface area (Å²) in [5.41, 5.74) is 6.02. The molecule has 0 radical (unpaired) electrons. The van der Waals surface area contributed by atoms with Crippen LogP contribution in [-0.4, -0.2) is 63.6 Å². The van der Waals surface area contributed by atoms with Crippen LogP contribution in [-0.2, 0) is 32.2 Å². The van der Waals surface area contributed by atoms with Gasteiger partial charge in [-0.1, -0.05) is 114 Å². The Morgan fingerprint density at radius 3 is 2.29 bits per heavy atom. The fourth-order valence-corrected chi connectivity index (χ4v) is 7.67. The van der Waals surface area contributed by atoms with Gasteiger partial charge in [0.25, 0.3) is 9.70 Å². The van der Waals surface area contributed by atoms with Gasteiger partial charge >= 0.3 is 0 Å². The van der Waals surface area contributed by atoms with Gasteiger partial charge in [-0.15, -0.1) is 0 Å². The van der Waals surface area contributed by atoms with Gasteiger partial charge < -0.3 is 35.0 Å². The lowest BCUT2D eigenvalue weighted by atomic mass is 9.85. The van der Waals surface area contributed by atoms with Crippen LogP contribution in [0.15, 0.2) is 103 Å². The number of likely N-dealkylation sites (tertiary alicyclic amines) is 1. The molecule has 0 aromatic heterocycles. The molecule has 0 saturated carbocycles. The van der Waals surface area contributed by atoms with Crippen LogP contribution in [0.1, 0.15) is 53.9 Å². The van der Waals surface area contributed by atoms with Crippen LogP contribution in [0.5, 0.6) is 0 Å². The molecule has 4 aromatic carbocycles. The minimum absolute atomic E-state index is 0.0242. The molecule has 0 aliphatic carbocycles. The zero-order chi connectivity index (χ0) is 36.3. The van der Waals surface area contributed by atoms with E-state index in [9.17, 15) is 14.7 Å². The van der Waals surface area contributed by atoms with E-state index in [1.54, 1.807) is 0 Å². The van der Waals surface area contributed by atoms with Crippen LogP contribution in [0.25, 0.3) is 11.1 Å². The topological polar surface area (TPSA) is 103 Å². The Morgan fingerprint density at radius 2 is 1.58 bits per heavy atom. The number of alkyl halides is 3. The molecule has 52 heavy (non-hydrogen) atoms. The first-order valence-corrected chi connectivity index (χ1v) is 18.6. The minimum Gasteiger partial charge on any atom is -0.392 e. The summed E-state index contributed by atoms with van der Waals surface area (Å²) in [6.45, 7) is 2.94. The second kappa shape index (κ2) is 15.7. The highest BCUT2D eigenvalue weighted by atomic mass is 35.6. The number of carbonyl (C=O) groups excluding carboxylic acids is 2. The van der Waals surface area contributed by atoms with E-state index < -0.39 is 21.5 Å². The fourth-order valence-electron chi connectivity index (χ4n) is 7.47. The van der Waals surface area contributed by atoms with Gasteiger partial charge in [0, 0.05) is 43.9 Å². The molecule has 3 saturated heterocycles. The van der Waals surface area contributed by atoms with Crippen molar-refractivity contribution in [3.8, 4) is 11.1 Å².